The zero-order valence-electron chi connectivity index (χ0n) is 11.2. The van der Waals surface area contributed by atoms with Crippen molar-refractivity contribution in [3.8, 4) is 5.75 Å². The first-order chi connectivity index (χ1) is 8.95. The van der Waals surface area contributed by atoms with Gasteiger partial charge in [-0.25, -0.2) is 4.79 Å². The van der Waals surface area contributed by atoms with E-state index in [0.717, 1.165) is 0 Å². The summed E-state index contributed by atoms with van der Waals surface area (Å²) in [6.45, 7) is 3.95. The molecule has 0 aromatic heterocycles. The number of carbonyl (C=O) groups is 1. The quantitative estimate of drug-likeness (QED) is 0.779. The Morgan fingerprint density at radius 3 is 2.74 bits per heavy atom. The molecule has 0 aliphatic heterocycles. The van der Waals surface area contributed by atoms with Crippen LogP contribution in [0.4, 0.5) is 10.5 Å². The van der Waals surface area contributed by atoms with Gasteiger partial charge in [0, 0.05) is 6.54 Å². The molecule has 0 heterocycles. The number of hydrogen-bond donors (Lipinski definition) is 3. The SMILES string of the molecule is COc1c(Cl)cccc1NC(=O)NCC(O)C(C)C. The van der Waals surface area contributed by atoms with Crippen molar-refractivity contribution in [2.75, 3.05) is 19.0 Å². The summed E-state index contributed by atoms with van der Waals surface area (Å²) in [4.78, 5) is 11.7. The summed E-state index contributed by atoms with van der Waals surface area (Å²) >= 11 is 5.95. The lowest BCUT2D eigenvalue weighted by Gasteiger charge is -2.16. The van der Waals surface area contributed by atoms with Crippen molar-refractivity contribution in [1.82, 2.24) is 5.32 Å². The number of benzene rings is 1. The Balaban J connectivity index is 2.60. The number of methoxy groups -OCH3 is 1. The summed E-state index contributed by atoms with van der Waals surface area (Å²) in [5.41, 5.74) is 0.478. The Bertz CT molecular complexity index is 438. The summed E-state index contributed by atoms with van der Waals surface area (Å²) in [6, 6.07) is 4.65. The Morgan fingerprint density at radius 1 is 1.47 bits per heavy atom. The number of aliphatic hydroxyl groups is 1. The Morgan fingerprint density at radius 2 is 2.16 bits per heavy atom. The maximum absolute atomic E-state index is 11.7. The van der Waals surface area contributed by atoms with Crippen LogP contribution in [0.15, 0.2) is 18.2 Å². The fourth-order valence-corrected chi connectivity index (χ4v) is 1.67. The fourth-order valence-electron chi connectivity index (χ4n) is 1.41. The minimum Gasteiger partial charge on any atom is -0.493 e. The van der Waals surface area contributed by atoms with Gasteiger partial charge in [-0.15, -0.1) is 0 Å². The maximum Gasteiger partial charge on any atom is 0.319 e. The number of hydrogen-bond acceptors (Lipinski definition) is 3. The van der Waals surface area contributed by atoms with Crippen LogP contribution in [-0.4, -0.2) is 30.9 Å². The highest BCUT2D eigenvalue weighted by atomic mass is 35.5. The minimum absolute atomic E-state index is 0.0843. The average Bonchev–Trinajstić information content (AvgIpc) is 2.36. The molecular weight excluding hydrogens is 268 g/mol. The molecule has 1 atom stereocenters. The Hall–Kier alpha value is -1.46. The third kappa shape index (κ3) is 4.61. The lowest BCUT2D eigenvalue weighted by molar-refractivity contribution is 0.126. The van der Waals surface area contributed by atoms with Crippen molar-refractivity contribution in [2.24, 2.45) is 5.92 Å². The van der Waals surface area contributed by atoms with Crippen molar-refractivity contribution in [3.05, 3.63) is 23.2 Å². The van der Waals surface area contributed by atoms with Crippen LogP contribution in [0.2, 0.25) is 5.02 Å². The predicted molar refractivity (Wildman–Crippen MR) is 75.9 cm³/mol. The van der Waals surface area contributed by atoms with Gasteiger partial charge in [0.15, 0.2) is 5.75 Å². The number of nitrogens with one attached hydrogen (secondary N) is 2. The third-order valence-corrected chi connectivity index (χ3v) is 2.96. The van der Waals surface area contributed by atoms with Gasteiger partial charge in [0.1, 0.15) is 0 Å². The zero-order chi connectivity index (χ0) is 14.4. The van der Waals surface area contributed by atoms with Gasteiger partial charge in [-0.3, -0.25) is 0 Å². The van der Waals surface area contributed by atoms with Crippen LogP contribution < -0.4 is 15.4 Å². The molecule has 0 bridgehead atoms. The predicted octanol–water partition coefficient (Wildman–Crippen LogP) is 2.49. The number of carbonyl (C=O) groups excluding carboxylic acids is 1. The van der Waals surface area contributed by atoms with Gasteiger partial charge in [0.2, 0.25) is 0 Å². The normalized spacial score (nSPS) is 12.1. The Kier molecular flexibility index (Phi) is 5.92. The second kappa shape index (κ2) is 7.21. The van der Waals surface area contributed by atoms with Crippen molar-refractivity contribution in [2.45, 2.75) is 20.0 Å². The van der Waals surface area contributed by atoms with E-state index in [0.29, 0.717) is 16.5 Å². The molecule has 19 heavy (non-hydrogen) atoms. The van der Waals surface area contributed by atoms with Gasteiger partial charge in [-0.1, -0.05) is 31.5 Å². The molecule has 3 N–H and O–H groups in total. The number of ether oxygens (including phenoxy) is 1. The van der Waals surface area contributed by atoms with Crippen LogP contribution in [0, 0.1) is 5.92 Å². The van der Waals surface area contributed by atoms with Gasteiger partial charge in [0.05, 0.1) is 23.9 Å². The van der Waals surface area contributed by atoms with Crippen molar-refractivity contribution in [1.29, 1.82) is 0 Å². The summed E-state index contributed by atoms with van der Waals surface area (Å²) in [7, 11) is 1.48. The van der Waals surface area contributed by atoms with E-state index in [1.54, 1.807) is 18.2 Å². The smallest absolute Gasteiger partial charge is 0.319 e. The highest BCUT2D eigenvalue weighted by Gasteiger charge is 2.13. The monoisotopic (exact) mass is 286 g/mol. The lowest BCUT2D eigenvalue weighted by Crippen LogP contribution is -2.37. The number of anilines is 1. The topological polar surface area (TPSA) is 70.6 Å². The first-order valence-electron chi connectivity index (χ1n) is 6.01. The highest BCUT2D eigenvalue weighted by molar-refractivity contribution is 6.32. The summed E-state index contributed by atoms with van der Waals surface area (Å²) < 4.78 is 5.12. The number of halogens is 1. The first-order valence-corrected chi connectivity index (χ1v) is 6.39. The van der Waals surface area contributed by atoms with Crippen LogP contribution in [0.25, 0.3) is 0 Å². The molecule has 0 fully saturated rings. The first kappa shape index (κ1) is 15.6. The largest absolute Gasteiger partial charge is 0.493 e. The molecule has 6 heteroatoms. The third-order valence-electron chi connectivity index (χ3n) is 2.66. The molecule has 0 aliphatic carbocycles. The van der Waals surface area contributed by atoms with E-state index < -0.39 is 12.1 Å². The van der Waals surface area contributed by atoms with Crippen molar-refractivity contribution in [3.63, 3.8) is 0 Å². The van der Waals surface area contributed by atoms with Gasteiger partial charge in [0.25, 0.3) is 0 Å². The molecule has 2 amide bonds. The molecular formula is C13H19ClN2O3. The molecule has 1 aromatic rings. The van der Waals surface area contributed by atoms with Crippen LogP contribution in [0.1, 0.15) is 13.8 Å². The number of amides is 2. The molecule has 1 unspecified atom stereocenters. The summed E-state index contributed by atoms with van der Waals surface area (Å²) in [6.07, 6.45) is -0.577. The van der Waals surface area contributed by atoms with Gasteiger partial charge in [-0.2, -0.15) is 0 Å². The number of para-hydroxylation sites is 1. The number of aliphatic hydroxyl groups excluding tert-OH is 1. The molecule has 0 saturated heterocycles. The molecule has 1 aromatic carbocycles. The van der Waals surface area contributed by atoms with Crippen LogP contribution in [0.5, 0.6) is 5.75 Å². The van der Waals surface area contributed by atoms with E-state index in [-0.39, 0.29) is 12.5 Å². The lowest BCUT2D eigenvalue weighted by atomic mass is 10.1. The van der Waals surface area contributed by atoms with Gasteiger partial charge >= 0.3 is 6.03 Å². The molecule has 106 valence electrons. The summed E-state index contributed by atoms with van der Waals surface area (Å²) in [5.74, 6) is 0.490. The van der Waals surface area contributed by atoms with Gasteiger partial charge < -0.3 is 20.5 Å². The number of rotatable bonds is 5. The Labute approximate surface area is 117 Å². The van der Waals surface area contributed by atoms with E-state index >= 15 is 0 Å². The second-order valence-corrected chi connectivity index (χ2v) is 4.87. The van der Waals surface area contributed by atoms with E-state index in [1.807, 2.05) is 13.8 Å². The number of urea groups is 1. The van der Waals surface area contributed by atoms with Crippen LogP contribution in [-0.2, 0) is 0 Å². The van der Waals surface area contributed by atoms with E-state index in [1.165, 1.54) is 7.11 Å². The van der Waals surface area contributed by atoms with E-state index in [2.05, 4.69) is 10.6 Å². The van der Waals surface area contributed by atoms with E-state index in [4.69, 9.17) is 16.3 Å². The van der Waals surface area contributed by atoms with Crippen LogP contribution in [0.3, 0.4) is 0 Å². The van der Waals surface area contributed by atoms with Crippen molar-refractivity contribution >= 4 is 23.3 Å². The molecule has 0 saturated carbocycles. The summed E-state index contributed by atoms with van der Waals surface area (Å²) in [5, 5.41) is 15.2. The molecule has 0 spiro atoms. The fraction of sp³-hybridized carbons (Fsp3) is 0.462. The van der Waals surface area contributed by atoms with Gasteiger partial charge in [-0.05, 0) is 18.1 Å². The highest BCUT2D eigenvalue weighted by Crippen LogP contribution is 2.32. The van der Waals surface area contributed by atoms with E-state index in [9.17, 15) is 9.90 Å². The second-order valence-electron chi connectivity index (χ2n) is 4.47. The van der Waals surface area contributed by atoms with Crippen LogP contribution >= 0.6 is 11.6 Å². The molecule has 5 nitrogen and oxygen atoms in total. The zero-order valence-corrected chi connectivity index (χ0v) is 12.0. The minimum atomic E-state index is -0.577. The molecule has 0 aliphatic rings. The molecule has 1 rings (SSSR count). The molecule has 0 radical (unpaired) electrons. The maximum atomic E-state index is 11.7. The van der Waals surface area contributed by atoms with Crippen molar-refractivity contribution < 1.29 is 14.6 Å². The average molecular weight is 287 g/mol. The standard InChI is InChI=1S/C13H19ClN2O3/c1-8(2)11(17)7-15-13(18)16-10-6-4-5-9(14)12(10)19-3/h4-6,8,11,17H,7H2,1-3H3,(H2,15,16,18).